The Bertz CT molecular complexity index is 1010. The molecule has 3 N–H and O–H groups in total. The molecule has 0 bridgehead atoms. The molecular formula is C21H26N4O4S. The fourth-order valence-corrected chi connectivity index (χ4v) is 4.74. The van der Waals surface area contributed by atoms with Crippen LogP contribution in [0.5, 0.6) is 0 Å². The summed E-state index contributed by atoms with van der Waals surface area (Å²) in [6.07, 6.45) is 0. The Morgan fingerprint density at radius 2 is 1.53 bits per heavy atom. The number of amides is 2. The minimum absolute atomic E-state index is 0.198. The van der Waals surface area contributed by atoms with E-state index in [-0.39, 0.29) is 10.8 Å². The Morgan fingerprint density at radius 1 is 0.967 bits per heavy atom. The van der Waals surface area contributed by atoms with Gasteiger partial charge in [-0.1, -0.05) is 17.7 Å². The van der Waals surface area contributed by atoms with Gasteiger partial charge in [0, 0.05) is 37.4 Å². The lowest BCUT2D eigenvalue weighted by atomic mass is 10.2. The van der Waals surface area contributed by atoms with Crippen LogP contribution < -0.4 is 11.1 Å². The van der Waals surface area contributed by atoms with Gasteiger partial charge in [0.25, 0.3) is 0 Å². The van der Waals surface area contributed by atoms with Gasteiger partial charge in [0.05, 0.1) is 10.9 Å². The van der Waals surface area contributed by atoms with Crippen molar-refractivity contribution < 1.29 is 18.0 Å². The molecule has 160 valence electrons. The van der Waals surface area contributed by atoms with Crippen LogP contribution in [-0.4, -0.2) is 61.7 Å². The van der Waals surface area contributed by atoms with Crippen LogP contribution in [0, 0.1) is 6.92 Å². The number of rotatable bonds is 6. The molecule has 8 nitrogen and oxygen atoms in total. The number of carbonyl (C=O) groups is 2. The molecule has 0 aromatic heterocycles. The number of carbonyl (C=O) groups excluding carboxylic acids is 2. The van der Waals surface area contributed by atoms with Gasteiger partial charge in [-0.2, -0.15) is 4.31 Å². The van der Waals surface area contributed by atoms with Gasteiger partial charge < -0.3 is 11.1 Å². The molecule has 0 spiro atoms. The van der Waals surface area contributed by atoms with E-state index in [0.29, 0.717) is 37.4 Å². The summed E-state index contributed by atoms with van der Waals surface area (Å²) >= 11 is 0. The van der Waals surface area contributed by atoms with Gasteiger partial charge in [-0.05, 0) is 50.2 Å². The first-order valence-corrected chi connectivity index (χ1v) is 11.1. The molecule has 2 amide bonds. The lowest BCUT2D eigenvalue weighted by Crippen LogP contribution is -2.53. The van der Waals surface area contributed by atoms with E-state index in [4.69, 9.17) is 5.73 Å². The topological polar surface area (TPSA) is 113 Å². The number of hydrogen-bond acceptors (Lipinski definition) is 5. The van der Waals surface area contributed by atoms with E-state index >= 15 is 0 Å². The Kier molecular flexibility index (Phi) is 6.55. The summed E-state index contributed by atoms with van der Waals surface area (Å²) in [5, 5.41) is 2.81. The number of hydrogen-bond donors (Lipinski definition) is 2. The van der Waals surface area contributed by atoms with E-state index < -0.39 is 22.0 Å². The van der Waals surface area contributed by atoms with Crippen molar-refractivity contribution in [1.82, 2.24) is 9.21 Å². The minimum atomic E-state index is -3.54. The van der Waals surface area contributed by atoms with Crippen molar-refractivity contribution in [2.24, 2.45) is 5.73 Å². The first-order valence-electron chi connectivity index (χ1n) is 9.70. The molecule has 1 heterocycles. The number of nitrogens with zero attached hydrogens (tertiary/aromatic N) is 2. The summed E-state index contributed by atoms with van der Waals surface area (Å²) in [6.45, 7) is 5.26. The number of primary amides is 1. The van der Waals surface area contributed by atoms with Crippen LogP contribution in [0.4, 0.5) is 5.69 Å². The van der Waals surface area contributed by atoms with Crippen molar-refractivity contribution in [3.63, 3.8) is 0 Å². The number of aryl methyl sites for hydroxylation is 1. The molecule has 1 saturated heterocycles. The maximum absolute atomic E-state index is 12.8. The third kappa shape index (κ3) is 4.86. The van der Waals surface area contributed by atoms with Crippen LogP contribution in [-0.2, 0) is 14.8 Å². The normalized spacial score (nSPS) is 16.7. The lowest BCUT2D eigenvalue weighted by Gasteiger charge is -2.36. The van der Waals surface area contributed by atoms with Crippen molar-refractivity contribution >= 4 is 27.5 Å². The average Bonchev–Trinajstić information content (AvgIpc) is 2.74. The fraction of sp³-hybridized carbons (Fsp3) is 0.333. The van der Waals surface area contributed by atoms with Crippen molar-refractivity contribution in [2.75, 3.05) is 31.5 Å². The maximum Gasteiger partial charge on any atom is 0.248 e. The highest BCUT2D eigenvalue weighted by Crippen LogP contribution is 2.19. The van der Waals surface area contributed by atoms with Crippen LogP contribution in [0.25, 0.3) is 0 Å². The number of anilines is 1. The van der Waals surface area contributed by atoms with Gasteiger partial charge >= 0.3 is 0 Å². The molecule has 0 radical (unpaired) electrons. The molecule has 1 aliphatic rings. The van der Waals surface area contributed by atoms with E-state index in [2.05, 4.69) is 5.32 Å². The summed E-state index contributed by atoms with van der Waals surface area (Å²) in [7, 11) is -3.54. The molecule has 30 heavy (non-hydrogen) atoms. The monoisotopic (exact) mass is 430 g/mol. The number of piperazine rings is 1. The summed E-state index contributed by atoms with van der Waals surface area (Å²) in [4.78, 5) is 26.0. The van der Waals surface area contributed by atoms with Crippen LogP contribution in [0.3, 0.4) is 0 Å². The zero-order chi connectivity index (χ0) is 21.9. The van der Waals surface area contributed by atoms with Crippen molar-refractivity contribution in [2.45, 2.75) is 24.8 Å². The fourth-order valence-electron chi connectivity index (χ4n) is 3.32. The molecule has 3 rings (SSSR count). The van der Waals surface area contributed by atoms with Crippen LogP contribution in [0.2, 0.25) is 0 Å². The van der Waals surface area contributed by atoms with Gasteiger partial charge in [0.15, 0.2) is 0 Å². The van der Waals surface area contributed by atoms with E-state index in [1.807, 2.05) is 11.8 Å². The second-order valence-electron chi connectivity index (χ2n) is 7.36. The van der Waals surface area contributed by atoms with Gasteiger partial charge in [0.1, 0.15) is 0 Å². The number of benzene rings is 2. The van der Waals surface area contributed by atoms with Crippen molar-refractivity contribution in [1.29, 1.82) is 0 Å². The number of sulfonamides is 1. The standard InChI is InChI=1S/C21H26N4O4S/c1-15-3-9-19(10-4-15)30(28,29)25-13-11-24(12-14-25)16(2)21(27)23-18-7-5-17(6-8-18)20(22)26/h3-10,16H,11-14H2,1-2H3,(H2,22,26)(H,23,27)/t16-/m1/s1. The largest absolute Gasteiger partial charge is 0.366 e. The SMILES string of the molecule is Cc1ccc(S(=O)(=O)N2CCN([C@H](C)C(=O)Nc3ccc(C(N)=O)cc3)CC2)cc1. The first-order chi connectivity index (χ1) is 14.2. The summed E-state index contributed by atoms with van der Waals surface area (Å²) < 4.78 is 27.1. The van der Waals surface area contributed by atoms with Gasteiger partial charge in [-0.15, -0.1) is 0 Å². The molecule has 2 aromatic rings. The molecule has 1 atom stereocenters. The van der Waals surface area contributed by atoms with Crippen LogP contribution >= 0.6 is 0 Å². The van der Waals surface area contributed by atoms with E-state index in [1.54, 1.807) is 55.5 Å². The van der Waals surface area contributed by atoms with Crippen molar-refractivity contribution in [3.8, 4) is 0 Å². The Morgan fingerprint density at radius 3 is 2.07 bits per heavy atom. The molecule has 0 aliphatic carbocycles. The number of nitrogens with one attached hydrogen (secondary N) is 1. The second kappa shape index (κ2) is 8.95. The van der Waals surface area contributed by atoms with E-state index in [9.17, 15) is 18.0 Å². The molecule has 1 aliphatic heterocycles. The quantitative estimate of drug-likeness (QED) is 0.720. The maximum atomic E-state index is 12.8. The van der Waals surface area contributed by atoms with Gasteiger partial charge in [0.2, 0.25) is 21.8 Å². The molecule has 0 unspecified atom stereocenters. The van der Waals surface area contributed by atoms with Crippen molar-refractivity contribution in [3.05, 3.63) is 59.7 Å². The highest BCUT2D eigenvalue weighted by Gasteiger charge is 2.31. The average molecular weight is 431 g/mol. The Hall–Kier alpha value is -2.75. The lowest BCUT2D eigenvalue weighted by molar-refractivity contribution is -0.121. The smallest absolute Gasteiger partial charge is 0.248 e. The predicted molar refractivity (Wildman–Crippen MR) is 115 cm³/mol. The third-order valence-electron chi connectivity index (χ3n) is 5.30. The van der Waals surface area contributed by atoms with Crippen LogP contribution in [0.15, 0.2) is 53.4 Å². The Labute approximate surface area is 176 Å². The zero-order valence-corrected chi connectivity index (χ0v) is 17.9. The van der Waals surface area contributed by atoms with Gasteiger partial charge in [-0.25, -0.2) is 8.42 Å². The molecule has 2 aromatic carbocycles. The summed E-state index contributed by atoms with van der Waals surface area (Å²) in [6, 6.07) is 12.7. The minimum Gasteiger partial charge on any atom is -0.366 e. The Balaban J connectivity index is 1.57. The van der Waals surface area contributed by atoms with Gasteiger partial charge in [-0.3, -0.25) is 14.5 Å². The highest BCUT2D eigenvalue weighted by molar-refractivity contribution is 7.89. The van der Waals surface area contributed by atoms with E-state index in [0.717, 1.165) is 5.56 Å². The summed E-state index contributed by atoms with van der Waals surface area (Å²) in [5.74, 6) is -0.726. The molecule has 0 saturated carbocycles. The molecule has 9 heteroatoms. The number of nitrogens with two attached hydrogens (primary N) is 1. The molecule has 1 fully saturated rings. The highest BCUT2D eigenvalue weighted by atomic mass is 32.2. The first kappa shape index (κ1) is 21.9. The zero-order valence-electron chi connectivity index (χ0n) is 17.0. The third-order valence-corrected chi connectivity index (χ3v) is 7.21. The summed E-state index contributed by atoms with van der Waals surface area (Å²) in [5.41, 5.74) is 7.15. The second-order valence-corrected chi connectivity index (χ2v) is 9.30. The molecular weight excluding hydrogens is 404 g/mol. The predicted octanol–water partition coefficient (Wildman–Crippen LogP) is 1.43. The van der Waals surface area contributed by atoms with E-state index in [1.165, 1.54) is 4.31 Å². The van der Waals surface area contributed by atoms with Crippen LogP contribution in [0.1, 0.15) is 22.8 Å².